The van der Waals surface area contributed by atoms with Crippen LogP contribution in [0.2, 0.25) is 0 Å². The zero-order chi connectivity index (χ0) is 23.3. The number of benzene rings is 2. The molecule has 32 heavy (non-hydrogen) atoms. The lowest BCUT2D eigenvalue weighted by Gasteiger charge is -2.14. The third-order valence-electron chi connectivity index (χ3n) is 4.63. The summed E-state index contributed by atoms with van der Waals surface area (Å²) in [5.74, 6) is -0.184. The second-order valence-corrected chi connectivity index (χ2v) is 8.04. The van der Waals surface area contributed by atoms with Crippen molar-refractivity contribution in [1.29, 1.82) is 0 Å². The molecule has 8 nitrogen and oxygen atoms in total. The third kappa shape index (κ3) is 5.61. The van der Waals surface area contributed by atoms with Crippen LogP contribution in [-0.2, 0) is 9.59 Å². The molecule has 2 amide bonds. The van der Waals surface area contributed by atoms with Crippen LogP contribution in [0.15, 0.2) is 41.3 Å². The predicted octanol–water partition coefficient (Wildman–Crippen LogP) is 3.89. The van der Waals surface area contributed by atoms with E-state index in [4.69, 9.17) is 19.3 Å². The normalized spacial score (nSPS) is 14.7. The number of amides is 2. The molecule has 1 fully saturated rings. The van der Waals surface area contributed by atoms with Crippen LogP contribution in [0.3, 0.4) is 0 Å². The Hall–Kier alpha value is -3.46. The molecule has 0 saturated carbocycles. The molecule has 0 radical (unpaired) electrons. The van der Waals surface area contributed by atoms with Crippen LogP contribution in [0.4, 0.5) is 4.79 Å². The summed E-state index contributed by atoms with van der Waals surface area (Å²) in [6.07, 6.45) is 1.58. The van der Waals surface area contributed by atoms with Gasteiger partial charge in [0.1, 0.15) is 12.4 Å². The van der Waals surface area contributed by atoms with Gasteiger partial charge in [0.15, 0.2) is 18.1 Å². The standard InChI is InChI=1S/C23H23NO7S/c1-14-4-5-15(2)18(10-14)30-9-8-24-22(27)20(32-23(24)28)12-16-6-7-17(19(11-16)29-3)31-13-21(25)26/h4-7,10-12H,8-9,13H2,1-3H3,(H,25,26)/b20-12-. The van der Waals surface area contributed by atoms with Gasteiger partial charge in [0.05, 0.1) is 18.6 Å². The number of ether oxygens (including phenoxy) is 3. The number of aliphatic carboxylic acids is 1. The number of nitrogens with zero attached hydrogens (tertiary/aromatic N) is 1. The second kappa shape index (κ2) is 10.2. The fraction of sp³-hybridized carbons (Fsp3) is 0.261. The minimum atomic E-state index is -1.11. The number of hydrogen-bond donors (Lipinski definition) is 1. The molecule has 0 unspecified atom stereocenters. The van der Waals surface area contributed by atoms with Gasteiger partial charge in [-0.15, -0.1) is 0 Å². The fourth-order valence-electron chi connectivity index (χ4n) is 2.99. The molecule has 1 saturated heterocycles. The van der Waals surface area contributed by atoms with Gasteiger partial charge in [0, 0.05) is 0 Å². The monoisotopic (exact) mass is 457 g/mol. The number of carbonyl (C=O) groups excluding carboxylic acids is 2. The van der Waals surface area contributed by atoms with Crippen molar-refractivity contribution in [2.75, 3.05) is 26.9 Å². The molecule has 0 atom stereocenters. The Balaban J connectivity index is 1.67. The van der Waals surface area contributed by atoms with E-state index in [-0.39, 0.29) is 29.0 Å². The highest BCUT2D eigenvalue weighted by molar-refractivity contribution is 8.18. The van der Waals surface area contributed by atoms with Crippen molar-refractivity contribution in [2.45, 2.75) is 13.8 Å². The summed E-state index contributed by atoms with van der Waals surface area (Å²) < 4.78 is 16.2. The van der Waals surface area contributed by atoms with Crippen molar-refractivity contribution < 1.29 is 33.7 Å². The first kappa shape index (κ1) is 23.2. The summed E-state index contributed by atoms with van der Waals surface area (Å²) in [7, 11) is 1.43. The van der Waals surface area contributed by atoms with E-state index in [0.29, 0.717) is 11.3 Å². The molecule has 0 aromatic heterocycles. The SMILES string of the molecule is COc1cc(/C=C2\SC(=O)N(CCOc3cc(C)ccc3C)C2=O)ccc1OCC(=O)O. The summed E-state index contributed by atoms with van der Waals surface area (Å²) in [4.78, 5) is 37.2. The first-order valence-electron chi connectivity index (χ1n) is 9.76. The Kier molecular flexibility index (Phi) is 7.42. The first-order chi connectivity index (χ1) is 15.3. The Labute approximate surface area is 189 Å². The fourth-order valence-corrected chi connectivity index (χ4v) is 3.85. The molecule has 2 aromatic carbocycles. The van der Waals surface area contributed by atoms with Gasteiger partial charge < -0.3 is 19.3 Å². The molecule has 1 heterocycles. The molecule has 1 aliphatic rings. The Bertz CT molecular complexity index is 1080. The van der Waals surface area contributed by atoms with E-state index >= 15 is 0 Å². The Morgan fingerprint density at radius 2 is 1.84 bits per heavy atom. The first-order valence-corrected chi connectivity index (χ1v) is 10.6. The van der Waals surface area contributed by atoms with E-state index in [9.17, 15) is 14.4 Å². The van der Waals surface area contributed by atoms with E-state index < -0.39 is 18.5 Å². The van der Waals surface area contributed by atoms with Gasteiger partial charge in [-0.25, -0.2) is 4.79 Å². The lowest BCUT2D eigenvalue weighted by atomic mass is 10.1. The molecular weight excluding hydrogens is 434 g/mol. The van der Waals surface area contributed by atoms with Gasteiger partial charge in [-0.05, 0) is 66.6 Å². The number of carboxylic acids is 1. The maximum Gasteiger partial charge on any atom is 0.341 e. The molecule has 2 aromatic rings. The number of aryl methyl sites for hydroxylation is 2. The zero-order valence-electron chi connectivity index (χ0n) is 17.9. The molecular formula is C23H23NO7S. The van der Waals surface area contributed by atoms with Crippen molar-refractivity contribution >= 4 is 35.0 Å². The van der Waals surface area contributed by atoms with Crippen LogP contribution in [0.1, 0.15) is 16.7 Å². The average molecular weight is 458 g/mol. The van der Waals surface area contributed by atoms with Crippen LogP contribution >= 0.6 is 11.8 Å². The molecule has 168 valence electrons. The van der Waals surface area contributed by atoms with Gasteiger partial charge >= 0.3 is 5.97 Å². The molecule has 9 heteroatoms. The molecule has 1 aliphatic heterocycles. The summed E-state index contributed by atoms with van der Waals surface area (Å²) in [6, 6.07) is 10.7. The highest BCUT2D eigenvalue weighted by atomic mass is 32.2. The van der Waals surface area contributed by atoms with Crippen molar-refractivity contribution in [3.8, 4) is 17.2 Å². The maximum absolute atomic E-state index is 12.7. The highest BCUT2D eigenvalue weighted by Crippen LogP contribution is 2.34. The van der Waals surface area contributed by atoms with Crippen molar-refractivity contribution in [3.63, 3.8) is 0 Å². The number of rotatable bonds is 9. The van der Waals surface area contributed by atoms with E-state index in [2.05, 4.69) is 0 Å². The van der Waals surface area contributed by atoms with Gasteiger partial charge in [-0.1, -0.05) is 18.2 Å². The maximum atomic E-state index is 12.7. The van der Waals surface area contributed by atoms with Crippen molar-refractivity contribution in [2.24, 2.45) is 0 Å². The topological polar surface area (TPSA) is 102 Å². The van der Waals surface area contributed by atoms with E-state index in [1.807, 2.05) is 32.0 Å². The minimum Gasteiger partial charge on any atom is -0.493 e. The van der Waals surface area contributed by atoms with E-state index in [1.54, 1.807) is 24.3 Å². The quantitative estimate of drug-likeness (QED) is 0.566. The van der Waals surface area contributed by atoms with Gasteiger partial charge in [-0.2, -0.15) is 0 Å². The van der Waals surface area contributed by atoms with Gasteiger partial charge in [0.2, 0.25) is 0 Å². The van der Waals surface area contributed by atoms with E-state index in [1.165, 1.54) is 7.11 Å². The largest absolute Gasteiger partial charge is 0.493 e. The molecule has 0 spiro atoms. The highest BCUT2D eigenvalue weighted by Gasteiger charge is 2.34. The van der Waals surface area contributed by atoms with Crippen molar-refractivity contribution in [3.05, 3.63) is 58.0 Å². The summed E-state index contributed by atoms with van der Waals surface area (Å²) in [5.41, 5.74) is 2.66. The minimum absolute atomic E-state index is 0.140. The number of imide groups is 1. The summed E-state index contributed by atoms with van der Waals surface area (Å²) in [5, 5.41) is 8.39. The van der Waals surface area contributed by atoms with Crippen LogP contribution in [0.5, 0.6) is 17.2 Å². The Morgan fingerprint density at radius 3 is 2.56 bits per heavy atom. The van der Waals surface area contributed by atoms with E-state index in [0.717, 1.165) is 33.5 Å². The Morgan fingerprint density at radius 1 is 1.06 bits per heavy atom. The number of carboxylic acid groups (broad SMARTS) is 1. The molecule has 3 rings (SSSR count). The lowest BCUT2D eigenvalue weighted by molar-refractivity contribution is -0.139. The third-order valence-corrected chi connectivity index (χ3v) is 5.53. The average Bonchev–Trinajstić information content (AvgIpc) is 3.02. The second-order valence-electron chi connectivity index (χ2n) is 7.04. The number of hydrogen-bond acceptors (Lipinski definition) is 7. The summed E-state index contributed by atoms with van der Waals surface area (Å²) in [6.45, 7) is 3.73. The smallest absolute Gasteiger partial charge is 0.341 e. The zero-order valence-corrected chi connectivity index (χ0v) is 18.7. The van der Waals surface area contributed by atoms with Crippen molar-refractivity contribution in [1.82, 2.24) is 4.90 Å². The number of thioether (sulfide) groups is 1. The molecule has 1 N–H and O–H groups in total. The van der Waals surface area contributed by atoms with Crippen LogP contribution in [0.25, 0.3) is 6.08 Å². The number of carbonyl (C=O) groups is 3. The molecule has 0 aliphatic carbocycles. The van der Waals surface area contributed by atoms with Crippen LogP contribution in [0, 0.1) is 13.8 Å². The number of methoxy groups -OCH3 is 1. The molecule has 0 bridgehead atoms. The summed E-state index contributed by atoms with van der Waals surface area (Å²) >= 11 is 0.854. The lowest BCUT2D eigenvalue weighted by Crippen LogP contribution is -2.32. The predicted molar refractivity (Wildman–Crippen MR) is 120 cm³/mol. The van der Waals surface area contributed by atoms with Crippen LogP contribution in [-0.4, -0.2) is 54.0 Å². The van der Waals surface area contributed by atoms with Gasteiger partial charge in [0.25, 0.3) is 11.1 Å². The van der Waals surface area contributed by atoms with Crippen LogP contribution < -0.4 is 14.2 Å². The van der Waals surface area contributed by atoms with Gasteiger partial charge in [-0.3, -0.25) is 14.5 Å².